The summed E-state index contributed by atoms with van der Waals surface area (Å²) in [5, 5.41) is 14.7. The number of nitro groups is 1. The number of hydrogen-bond acceptors (Lipinski definition) is 4. The van der Waals surface area contributed by atoms with Crippen LogP contribution in [0.4, 0.5) is 17.1 Å². The van der Waals surface area contributed by atoms with Gasteiger partial charge in [-0.1, -0.05) is 26.8 Å². The highest BCUT2D eigenvalue weighted by Crippen LogP contribution is 2.36. The predicted octanol–water partition coefficient (Wildman–Crippen LogP) is 4.29. The minimum atomic E-state index is -0.275. The molecule has 0 unspecified atom stereocenters. The van der Waals surface area contributed by atoms with Crippen LogP contribution in [-0.4, -0.2) is 24.1 Å². The van der Waals surface area contributed by atoms with Gasteiger partial charge >= 0.3 is 5.69 Å². The van der Waals surface area contributed by atoms with Crippen molar-refractivity contribution in [1.82, 2.24) is 0 Å². The van der Waals surface area contributed by atoms with Gasteiger partial charge in [0.1, 0.15) is 11.4 Å². The summed E-state index contributed by atoms with van der Waals surface area (Å²) in [5.74, 6) is 0.444. The van der Waals surface area contributed by atoms with Crippen LogP contribution in [-0.2, 0) is 0 Å². The summed E-state index contributed by atoms with van der Waals surface area (Å²) in [4.78, 5) is 13.4. The van der Waals surface area contributed by atoms with Crippen LogP contribution >= 0.6 is 0 Å². The fraction of sp³-hybridized carbons (Fsp3) is 0.625. The largest absolute Gasteiger partial charge is 0.379 e. The SMILES string of the molecule is CCCNc1cccc(N(CC(C)C)C(C)C)c1[N+](=O)[O-]. The summed E-state index contributed by atoms with van der Waals surface area (Å²) in [6, 6.07) is 5.73. The van der Waals surface area contributed by atoms with E-state index >= 15 is 0 Å². The van der Waals surface area contributed by atoms with Gasteiger partial charge in [-0.05, 0) is 38.3 Å². The minimum absolute atomic E-state index is 0.181. The highest BCUT2D eigenvalue weighted by Gasteiger charge is 2.25. The van der Waals surface area contributed by atoms with Crippen molar-refractivity contribution < 1.29 is 4.92 Å². The molecular formula is C16H27N3O2. The number of hydrogen-bond donors (Lipinski definition) is 1. The summed E-state index contributed by atoms with van der Waals surface area (Å²) in [6.07, 6.45) is 0.932. The molecule has 0 spiro atoms. The fourth-order valence-corrected chi connectivity index (χ4v) is 2.34. The molecule has 0 heterocycles. The molecule has 0 aliphatic heterocycles. The first-order valence-corrected chi connectivity index (χ1v) is 7.66. The quantitative estimate of drug-likeness (QED) is 0.574. The summed E-state index contributed by atoms with van der Waals surface area (Å²) >= 11 is 0. The Labute approximate surface area is 127 Å². The molecule has 1 rings (SSSR count). The van der Waals surface area contributed by atoms with Gasteiger partial charge in [-0.2, -0.15) is 0 Å². The molecule has 0 fully saturated rings. The lowest BCUT2D eigenvalue weighted by Gasteiger charge is -2.30. The minimum Gasteiger partial charge on any atom is -0.379 e. The molecule has 0 aliphatic carbocycles. The zero-order valence-electron chi connectivity index (χ0n) is 13.7. The van der Waals surface area contributed by atoms with E-state index in [4.69, 9.17) is 0 Å². The number of nitrogens with one attached hydrogen (secondary N) is 1. The van der Waals surface area contributed by atoms with Gasteiger partial charge in [-0.3, -0.25) is 10.1 Å². The highest BCUT2D eigenvalue weighted by molar-refractivity contribution is 5.77. The molecule has 21 heavy (non-hydrogen) atoms. The summed E-state index contributed by atoms with van der Waals surface area (Å²) in [7, 11) is 0. The number of para-hydroxylation sites is 1. The van der Waals surface area contributed by atoms with Gasteiger partial charge < -0.3 is 10.2 Å². The van der Waals surface area contributed by atoms with Crippen molar-refractivity contribution in [3.8, 4) is 0 Å². The van der Waals surface area contributed by atoms with Crippen LogP contribution in [0.25, 0.3) is 0 Å². The standard InChI is InChI=1S/C16H27N3O2/c1-6-10-17-14-8-7-9-15(16(14)19(20)21)18(13(4)5)11-12(2)3/h7-9,12-13,17H,6,10-11H2,1-5H3. The van der Waals surface area contributed by atoms with E-state index in [-0.39, 0.29) is 16.7 Å². The zero-order chi connectivity index (χ0) is 16.0. The molecule has 5 heteroatoms. The molecule has 1 aromatic carbocycles. The Balaban J connectivity index is 3.28. The first-order chi connectivity index (χ1) is 9.88. The van der Waals surface area contributed by atoms with Crippen molar-refractivity contribution in [3.63, 3.8) is 0 Å². The van der Waals surface area contributed by atoms with Crippen molar-refractivity contribution in [2.24, 2.45) is 5.92 Å². The van der Waals surface area contributed by atoms with Crippen LogP contribution in [0.15, 0.2) is 18.2 Å². The molecule has 0 aromatic heterocycles. The second-order valence-electron chi connectivity index (χ2n) is 6.00. The third kappa shape index (κ3) is 4.62. The van der Waals surface area contributed by atoms with Crippen molar-refractivity contribution in [3.05, 3.63) is 28.3 Å². The van der Waals surface area contributed by atoms with Crippen molar-refractivity contribution in [2.45, 2.75) is 47.1 Å². The van der Waals surface area contributed by atoms with Crippen molar-refractivity contribution in [2.75, 3.05) is 23.3 Å². The molecule has 0 amide bonds. The maximum absolute atomic E-state index is 11.6. The number of nitrogens with zero attached hydrogens (tertiary/aromatic N) is 2. The second-order valence-corrected chi connectivity index (χ2v) is 6.00. The smallest absolute Gasteiger partial charge is 0.315 e. The van der Waals surface area contributed by atoms with Gasteiger partial charge in [0.15, 0.2) is 0 Å². The Morgan fingerprint density at radius 1 is 1.29 bits per heavy atom. The molecular weight excluding hydrogens is 266 g/mol. The number of benzene rings is 1. The molecule has 0 bridgehead atoms. The van der Waals surface area contributed by atoms with Crippen LogP contribution in [0.3, 0.4) is 0 Å². The Morgan fingerprint density at radius 2 is 1.95 bits per heavy atom. The van der Waals surface area contributed by atoms with E-state index in [0.29, 0.717) is 17.3 Å². The van der Waals surface area contributed by atoms with Crippen LogP contribution in [0.5, 0.6) is 0 Å². The zero-order valence-corrected chi connectivity index (χ0v) is 13.7. The van der Waals surface area contributed by atoms with E-state index in [0.717, 1.165) is 19.5 Å². The molecule has 0 saturated heterocycles. The molecule has 5 nitrogen and oxygen atoms in total. The summed E-state index contributed by atoms with van der Waals surface area (Å²) in [6.45, 7) is 12.0. The monoisotopic (exact) mass is 293 g/mol. The Kier molecular flexibility index (Phi) is 6.46. The average Bonchev–Trinajstić information content (AvgIpc) is 2.41. The van der Waals surface area contributed by atoms with Crippen LogP contribution in [0.2, 0.25) is 0 Å². The molecule has 1 N–H and O–H groups in total. The van der Waals surface area contributed by atoms with Crippen LogP contribution in [0, 0.1) is 16.0 Å². The van der Waals surface area contributed by atoms with E-state index in [2.05, 4.69) is 37.9 Å². The van der Waals surface area contributed by atoms with E-state index in [1.165, 1.54) is 0 Å². The molecule has 118 valence electrons. The van der Waals surface area contributed by atoms with E-state index < -0.39 is 0 Å². The number of rotatable bonds is 8. The third-order valence-corrected chi connectivity index (χ3v) is 3.26. The number of nitro benzene ring substituents is 1. The Morgan fingerprint density at radius 3 is 2.43 bits per heavy atom. The lowest BCUT2D eigenvalue weighted by Crippen LogP contribution is -2.34. The number of anilines is 2. The van der Waals surface area contributed by atoms with Gasteiger partial charge in [0.2, 0.25) is 0 Å². The van der Waals surface area contributed by atoms with Gasteiger partial charge in [0, 0.05) is 19.1 Å². The Hall–Kier alpha value is -1.78. The molecule has 0 aliphatic rings. The van der Waals surface area contributed by atoms with Gasteiger partial charge in [-0.15, -0.1) is 0 Å². The predicted molar refractivity (Wildman–Crippen MR) is 89.2 cm³/mol. The van der Waals surface area contributed by atoms with Crippen LogP contribution in [0.1, 0.15) is 41.0 Å². The van der Waals surface area contributed by atoms with E-state index in [1.54, 1.807) is 6.07 Å². The van der Waals surface area contributed by atoms with Gasteiger partial charge in [-0.25, -0.2) is 0 Å². The Bertz CT molecular complexity index is 473. The fourth-order valence-electron chi connectivity index (χ4n) is 2.34. The maximum Gasteiger partial charge on any atom is 0.315 e. The van der Waals surface area contributed by atoms with Gasteiger partial charge in [0.25, 0.3) is 0 Å². The van der Waals surface area contributed by atoms with Crippen LogP contribution < -0.4 is 10.2 Å². The highest BCUT2D eigenvalue weighted by atomic mass is 16.6. The summed E-state index contributed by atoms with van der Waals surface area (Å²) in [5.41, 5.74) is 1.49. The van der Waals surface area contributed by atoms with Gasteiger partial charge in [0.05, 0.1) is 4.92 Å². The van der Waals surface area contributed by atoms with Crippen molar-refractivity contribution in [1.29, 1.82) is 0 Å². The van der Waals surface area contributed by atoms with E-state index in [1.807, 2.05) is 19.1 Å². The second kappa shape index (κ2) is 7.86. The topological polar surface area (TPSA) is 58.4 Å². The average molecular weight is 293 g/mol. The molecule has 0 saturated carbocycles. The van der Waals surface area contributed by atoms with Crippen molar-refractivity contribution >= 4 is 17.1 Å². The molecule has 0 radical (unpaired) electrons. The first-order valence-electron chi connectivity index (χ1n) is 7.66. The maximum atomic E-state index is 11.6. The normalized spacial score (nSPS) is 11.0. The first kappa shape index (κ1) is 17.3. The lowest BCUT2D eigenvalue weighted by molar-refractivity contribution is -0.383. The summed E-state index contributed by atoms with van der Waals surface area (Å²) < 4.78 is 0. The third-order valence-electron chi connectivity index (χ3n) is 3.26. The lowest BCUT2D eigenvalue weighted by atomic mass is 10.1. The molecule has 0 atom stereocenters. The molecule has 1 aromatic rings. The van der Waals surface area contributed by atoms with E-state index in [9.17, 15) is 10.1 Å².